The molecular weight excluding hydrogens is 346 g/mol. The van der Waals surface area contributed by atoms with Crippen LogP contribution in [0.15, 0.2) is 59.4 Å². The SMILES string of the molecule is CC(C(=O)O)c1nc(-c2ccccc2)nn1-c1nc2ccccc2[nH]c1=O. The number of benzene rings is 2. The number of aromatic nitrogens is 5. The normalized spacial score (nSPS) is 12.2. The number of aliphatic carboxylic acids is 1. The molecule has 134 valence electrons. The van der Waals surface area contributed by atoms with Crippen LogP contribution in [0.2, 0.25) is 0 Å². The first kappa shape index (κ1) is 16.6. The first-order valence-corrected chi connectivity index (χ1v) is 8.29. The van der Waals surface area contributed by atoms with Crippen molar-refractivity contribution in [3.05, 3.63) is 70.8 Å². The highest BCUT2D eigenvalue weighted by Gasteiger charge is 2.25. The van der Waals surface area contributed by atoms with Gasteiger partial charge in [-0.3, -0.25) is 9.59 Å². The number of nitrogens with zero attached hydrogens (tertiary/aromatic N) is 4. The molecule has 27 heavy (non-hydrogen) atoms. The summed E-state index contributed by atoms with van der Waals surface area (Å²) in [7, 11) is 0. The molecule has 0 fully saturated rings. The van der Waals surface area contributed by atoms with Gasteiger partial charge in [-0.2, -0.15) is 4.68 Å². The van der Waals surface area contributed by atoms with Crippen LogP contribution >= 0.6 is 0 Å². The van der Waals surface area contributed by atoms with Crippen LogP contribution < -0.4 is 5.56 Å². The monoisotopic (exact) mass is 361 g/mol. The highest BCUT2D eigenvalue weighted by molar-refractivity contribution is 5.76. The Balaban J connectivity index is 1.96. The molecule has 4 aromatic rings. The lowest BCUT2D eigenvalue weighted by molar-refractivity contribution is -0.138. The molecule has 0 saturated heterocycles. The van der Waals surface area contributed by atoms with Crippen LogP contribution in [0.4, 0.5) is 0 Å². The van der Waals surface area contributed by atoms with E-state index in [0.717, 1.165) is 0 Å². The number of carboxylic acids is 1. The fraction of sp³-hybridized carbons (Fsp3) is 0.105. The Morgan fingerprint density at radius 1 is 1.07 bits per heavy atom. The van der Waals surface area contributed by atoms with E-state index in [1.165, 1.54) is 11.6 Å². The zero-order valence-electron chi connectivity index (χ0n) is 14.3. The number of fused-ring (bicyclic) bond motifs is 1. The predicted molar refractivity (Wildman–Crippen MR) is 98.8 cm³/mol. The minimum Gasteiger partial charge on any atom is -0.481 e. The van der Waals surface area contributed by atoms with E-state index < -0.39 is 17.4 Å². The Hall–Kier alpha value is -3.81. The lowest BCUT2D eigenvalue weighted by atomic mass is 10.1. The zero-order chi connectivity index (χ0) is 19.0. The molecule has 8 heteroatoms. The molecule has 0 amide bonds. The summed E-state index contributed by atoms with van der Waals surface area (Å²) in [6.45, 7) is 1.49. The van der Waals surface area contributed by atoms with E-state index >= 15 is 0 Å². The van der Waals surface area contributed by atoms with Gasteiger partial charge < -0.3 is 10.1 Å². The van der Waals surface area contributed by atoms with E-state index in [0.29, 0.717) is 22.4 Å². The molecular formula is C19H15N5O3. The predicted octanol–water partition coefficient (Wildman–Crippen LogP) is 2.36. The molecule has 2 aromatic carbocycles. The van der Waals surface area contributed by atoms with Crippen molar-refractivity contribution >= 4 is 17.0 Å². The van der Waals surface area contributed by atoms with Gasteiger partial charge >= 0.3 is 5.97 Å². The van der Waals surface area contributed by atoms with Crippen molar-refractivity contribution in [3.8, 4) is 17.2 Å². The maximum atomic E-state index is 12.6. The molecule has 4 rings (SSSR count). The molecule has 0 aliphatic rings. The van der Waals surface area contributed by atoms with Crippen molar-refractivity contribution in [1.82, 2.24) is 24.7 Å². The third kappa shape index (κ3) is 2.97. The van der Waals surface area contributed by atoms with Gasteiger partial charge in [0.15, 0.2) is 5.82 Å². The van der Waals surface area contributed by atoms with Gasteiger partial charge in [-0.1, -0.05) is 42.5 Å². The Kier molecular flexibility index (Phi) is 4.00. The third-order valence-corrected chi connectivity index (χ3v) is 4.20. The molecule has 2 heterocycles. The molecule has 0 radical (unpaired) electrons. The van der Waals surface area contributed by atoms with E-state index in [2.05, 4.69) is 20.1 Å². The summed E-state index contributed by atoms with van der Waals surface area (Å²) in [6.07, 6.45) is 0. The van der Waals surface area contributed by atoms with Crippen LogP contribution in [-0.2, 0) is 4.79 Å². The van der Waals surface area contributed by atoms with Crippen molar-refractivity contribution in [2.24, 2.45) is 0 Å². The number of hydrogen-bond donors (Lipinski definition) is 2. The molecule has 8 nitrogen and oxygen atoms in total. The highest BCUT2D eigenvalue weighted by atomic mass is 16.4. The number of rotatable bonds is 4. The van der Waals surface area contributed by atoms with Crippen molar-refractivity contribution in [2.75, 3.05) is 0 Å². The fourth-order valence-corrected chi connectivity index (χ4v) is 2.74. The summed E-state index contributed by atoms with van der Waals surface area (Å²) in [5.41, 5.74) is 1.39. The molecule has 0 aliphatic heterocycles. The number of carbonyl (C=O) groups is 1. The Labute approximate surface area is 153 Å². The van der Waals surface area contributed by atoms with Gasteiger partial charge in [0, 0.05) is 5.56 Å². The molecule has 0 bridgehead atoms. The van der Waals surface area contributed by atoms with Crippen LogP contribution in [0, 0.1) is 0 Å². The van der Waals surface area contributed by atoms with Gasteiger partial charge in [0.05, 0.1) is 11.0 Å². The lowest BCUT2D eigenvalue weighted by Gasteiger charge is -2.08. The molecule has 1 unspecified atom stereocenters. The van der Waals surface area contributed by atoms with Crippen LogP contribution in [0.1, 0.15) is 18.7 Å². The minimum absolute atomic E-state index is 0.0218. The van der Waals surface area contributed by atoms with E-state index in [9.17, 15) is 14.7 Å². The largest absolute Gasteiger partial charge is 0.481 e. The smallest absolute Gasteiger partial charge is 0.313 e. The van der Waals surface area contributed by atoms with E-state index in [1.807, 2.05) is 30.3 Å². The molecule has 2 aromatic heterocycles. The van der Waals surface area contributed by atoms with Crippen LogP contribution in [0.25, 0.3) is 28.2 Å². The van der Waals surface area contributed by atoms with Gasteiger partial charge in [0.1, 0.15) is 11.7 Å². The van der Waals surface area contributed by atoms with E-state index in [1.54, 1.807) is 24.3 Å². The average Bonchev–Trinajstić information content (AvgIpc) is 3.12. The summed E-state index contributed by atoms with van der Waals surface area (Å²) in [6, 6.07) is 16.2. The van der Waals surface area contributed by atoms with Crippen molar-refractivity contribution in [3.63, 3.8) is 0 Å². The summed E-state index contributed by atoms with van der Waals surface area (Å²) in [5, 5.41) is 13.8. The molecule has 0 spiro atoms. The van der Waals surface area contributed by atoms with Gasteiger partial charge in [0.25, 0.3) is 5.56 Å². The maximum absolute atomic E-state index is 12.6. The zero-order valence-corrected chi connectivity index (χ0v) is 14.3. The number of hydrogen-bond acceptors (Lipinski definition) is 5. The van der Waals surface area contributed by atoms with Crippen molar-refractivity contribution in [1.29, 1.82) is 0 Å². The fourth-order valence-electron chi connectivity index (χ4n) is 2.74. The lowest BCUT2D eigenvalue weighted by Crippen LogP contribution is -2.22. The topological polar surface area (TPSA) is 114 Å². The number of carboxylic acid groups (broad SMARTS) is 1. The summed E-state index contributed by atoms with van der Waals surface area (Å²) >= 11 is 0. The highest BCUT2D eigenvalue weighted by Crippen LogP contribution is 2.22. The summed E-state index contributed by atoms with van der Waals surface area (Å²) < 4.78 is 1.21. The second-order valence-corrected chi connectivity index (χ2v) is 6.04. The number of H-pyrrole nitrogens is 1. The van der Waals surface area contributed by atoms with Crippen molar-refractivity contribution in [2.45, 2.75) is 12.8 Å². The molecule has 1 atom stereocenters. The van der Waals surface area contributed by atoms with Gasteiger partial charge in [-0.05, 0) is 19.1 Å². The maximum Gasteiger partial charge on any atom is 0.313 e. The first-order chi connectivity index (χ1) is 13.0. The van der Waals surface area contributed by atoms with Crippen LogP contribution in [0.5, 0.6) is 0 Å². The number of nitrogens with one attached hydrogen (secondary N) is 1. The summed E-state index contributed by atoms with van der Waals surface area (Å²) in [5.74, 6) is -1.60. The quantitative estimate of drug-likeness (QED) is 0.577. The molecule has 2 N–H and O–H groups in total. The molecule has 0 saturated carbocycles. The van der Waals surface area contributed by atoms with Crippen LogP contribution in [-0.4, -0.2) is 35.8 Å². The Bertz CT molecular complexity index is 1200. The van der Waals surface area contributed by atoms with E-state index in [4.69, 9.17) is 0 Å². The second-order valence-electron chi connectivity index (χ2n) is 6.04. The number of aromatic amines is 1. The standard InChI is InChI=1S/C19H15N5O3/c1-11(19(26)27)16-22-15(12-7-3-2-4-8-12)23-24(16)17-18(25)21-14-10-6-5-9-13(14)20-17/h2-11H,1H3,(H,21,25)(H,26,27). The van der Waals surface area contributed by atoms with Crippen molar-refractivity contribution < 1.29 is 9.90 Å². The second kappa shape index (κ2) is 6.49. The Morgan fingerprint density at radius 3 is 2.52 bits per heavy atom. The third-order valence-electron chi connectivity index (χ3n) is 4.20. The summed E-state index contributed by atoms with van der Waals surface area (Å²) in [4.78, 5) is 35.6. The van der Waals surface area contributed by atoms with Gasteiger partial charge in [-0.25, -0.2) is 9.97 Å². The number of para-hydroxylation sites is 2. The first-order valence-electron chi connectivity index (χ1n) is 8.29. The van der Waals surface area contributed by atoms with Crippen LogP contribution in [0.3, 0.4) is 0 Å². The minimum atomic E-state index is -1.07. The molecule has 0 aliphatic carbocycles. The average molecular weight is 361 g/mol. The van der Waals surface area contributed by atoms with Gasteiger partial charge in [0.2, 0.25) is 5.82 Å². The van der Waals surface area contributed by atoms with E-state index in [-0.39, 0.29) is 11.6 Å². The Morgan fingerprint density at radius 2 is 1.78 bits per heavy atom. The van der Waals surface area contributed by atoms with Gasteiger partial charge in [-0.15, -0.1) is 5.10 Å².